The average Bonchev–Trinajstić information content (AvgIpc) is 2.55. The molecule has 0 aliphatic carbocycles. The molecule has 0 fully saturated rings. The third-order valence-corrected chi connectivity index (χ3v) is 3.41. The largest absolute Gasteiger partial charge is 0.485 e. The fourth-order valence-electron chi connectivity index (χ4n) is 2.26. The number of anilines is 1. The van der Waals surface area contributed by atoms with Crippen molar-refractivity contribution in [3.8, 4) is 11.5 Å². The van der Waals surface area contributed by atoms with Gasteiger partial charge in [0.2, 0.25) is 6.10 Å². The summed E-state index contributed by atoms with van der Waals surface area (Å²) >= 11 is 0. The van der Waals surface area contributed by atoms with Crippen LogP contribution in [0.15, 0.2) is 42.5 Å². The Morgan fingerprint density at radius 3 is 2.74 bits per heavy atom. The molecule has 2 aromatic rings. The molecule has 3 rings (SSSR count). The number of ether oxygens (including phenoxy) is 2. The molecule has 1 amide bonds. The number of nitrogens with zero attached hydrogens (tertiary/aromatic N) is 1. The highest BCUT2D eigenvalue weighted by Crippen LogP contribution is 2.31. The van der Waals surface area contributed by atoms with Gasteiger partial charge in [-0.25, -0.2) is 0 Å². The first-order valence-electron chi connectivity index (χ1n) is 6.99. The van der Waals surface area contributed by atoms with Crippen LogP contribution in [0.3, 0.4) is 0 Å². The summed E-state index contributed by atoms with van der Waals surface area (Å²) in [5.41, 5.74) is 0.712. The number of hydrogen-bond donors (Lipinski definition) is 1. The summed E-state index contributed by atoms with van der Waals surface area (Å²) in [7, 11) is 0. The van der Waals surface area contributed by atoms with E-state index in [2.05, 4.69) is 5.32 Å². The number of amides is 1. The smallest absolute Gasteiger partial charge is 0.293 e. The van der Waals surface area contributed by atoms with Crippen molar-refractivity contribution in [3.05, 3.63) is 58.1 Å². The second-order valence-electron chi connectivity index (χ2n) is 5.13. The predicted octanol–water partition coefficient (Wildman–Crippen LogP) is 2.68. The topological polar surface area (TPSA) is 90.7 Å². The molecule has 118 valence electrons. The summed E-state index contributed by atoms with van der Waals surface area (Å²) in [6.45, 7) is 1.79. The molecule has 1 atom stereocenters. The molecule has 1 heterocycles. The minimum absolute atomic E-state index is 0.0442. The number of benzene rings is 2. The number of para-hydroxylation sites is 2. The van der Waals surface area contributed by atoms with Crippen LogP contribution in [0.2, 0.25) is 0 Å². The van der Waals surface area contributed by atoms with Crippen molar-refractivity contribution in [1.29, 1.82) is 0 Å². The molecular formula is C16H14N2O5. The van der Waals surface area contributed by atoms with Gasteiger partial charge in [0.1, 0.15) is 12.3 Å². The molecule has 0 saturated carbocycles. The third-order valence-electron chi connectivity index (χ3n) is 3.41. The second kappa shape index (κ2) is 5.96. The van der Waals surface area contributed by atoms with Gasteiger partial charge in [-0.1, -0.05) is 18.2 Å². The Morgan fingerprint density at radius 2 is 2.00 bits per heavy atom. The van der Waals surface area contributed by atoms with Gasteiger partial charge >= 0.3 is 0 Å². The first kappa shape index (κ1) is 14.8. The average molecular weight is 314 g/mol. The van der Waals surface area contributed by atoms with Gasteiger partial charge in [-0.3, -0.25) is 14.9 Å². The summed E-state index contributed by atoms with van der Waals surface area (Å²) in [4.78, 5) is 22.9. The van der Waals surface area contributed by atoms with Gasteiger partial charge in [0.25, 0.3) is 11.6 Å². The minimum atomic E-state index is -0.870. The van der Waals surface area contributed by atoms with E-state index in [1.165, 1.54) is 12.1 Å². The maximum Gasteiger partial charge on any atom is 0.293 e. The van der Waals surface area contributed by atoms with Crippen LogP contribution in [0.25, 0.3) is 0 Å². The molecule has 7 nitrogen and oxygen atoms in total. The Hall–Kier alpha value is -3.09. The van der Waals surface area contributed by atoms with Crippen LogP contribution in [0.4, 0.5) is 11.4 Å². The van der Waals surface area contributed by atoms with Crippen LogP contribution >= 0.6 is 0 Å². The first-order chi connectivity index (χ1) is 11.0. The number of carbonyl (C=O) groups is 1. The molecule has 0 bridgehead atoms. The summed E-state index contributed by atoms with van der Waals surface area (Å²) in [5, 5.41) is 13.6. The molecule has 1 aliphatic heterocycles. The van der Waals surface area contributed by atoms with E-state index in [0.717, 1.165) is 5.56 Å². The highest BCUT2D eigenvalue weighted by atomic mass is 16.6. The van der Waals surface area contributed by atoms with Gasteiger partial charge in [0.05, 0.1) is 4.92 Å². The number of nitro benzene ring substituents is 1. The highest BCUT2D eigenvalue weighted by molar-refractivity contribution is 5.96. The van der Waals surface area contributed by atoms with Crippen molar-refractivity contribution < 1.29 is 19.2 Å². The summed E-state index contributed by atoms with van der Waals surface area (Å²) in [5.74, 6) is 0.543. The number of rotatable bonds is 3. The van der Waals surface area contributed by atoms with Gasteiger partial charge in [0.15, 0.2) is 11.5 Å². The lowest BCUT2D eigenvalue weighted by atomic mass is 10.2. The zero-order chi connectivity index (χ0) is 16.4. The fraction of sp³-hybridized carbons (Fsp3) is 0.188. The van der Waals surface area contributed by atoms with Crippen LogP contribution in [0.5, 0.6) is 11.5 Å². The third kappa shape index (κ3) is 3.08. The normalized spacial score (nSPS) is 15.8. The van der Waals surface area contributed by atoms with Crippen molar-refractivity contribution in [1.82, 2.24) is 0 Å². The van der Waals surface area contributed by atoms with Crippen LogP contribution in [-0.4, -0.2) is 23.5 Å². The van der Waals surface area contributed by atoms with Crippen molar-refractivity contribution >= 4 is 17.3 Å². The van der Waals surface area contributed by atoms with Crippen LogP contribution in [-0.2, 0) is 4.79 Å². The molecule has 2 aromatic carbocycles. The molecule has 1 aliphatic rings. The molecule has 1 N–H and O–H groups in total. The molecule has 0 spiro atoms. The van der Waals surface area contributed by atoms with Crippen molar-refractivity contribution in [2.24, 2.45) is 0 Å². The monoisotopic (exact) mass is 314 g/mol. The van der Waals surface area contributed by atoms with Gasteiger partial charge in [-0.05, 0) is 30.7 Å². The van der Waals surface area contributed by atoms with Crippen molar-refractivity contribution in [2.45, 2.75) is 13.0 Å². The molecule has 0 saturated heterocycles. The van der Waals surface area contributed by atoms with E-state index in [0.29, 0.717) is 11.5 Å². The lowest BCUT2D eigenvalue weighted by Crippen LogP contribution is -2.40. The Balaban J connectivity index is 1.77. The summed E-state index contributed by atoms with van der Waals surface area (Å²) in [6, 6.07) is 11.6. The van der Waals surface area contributed by atoms with E-state index in [4.69, 9.17) is 9.47 Å². The van der Waals surface area contributed by atoms with Gasteiger partial charge < -0.3 is 14.8 Å². The van der Waals surface area contributed by atoms with Gasteiger partial charge in [-0.2, -0.15) is 0 Å². The van der Waals surface area contributed by atoms with E-state index < -0.39 is 16.9 Å². The Kier molecular flexibility index (Phi) is 3.84. The van der Waals surface area contributed by atoms with E-state index >= 15 is 0 Å². The summed E-state index contributed by atoms with van der Waals surface area (Å²) in [6.07, 6.45) is -0.870. The Morgan fingerprint density at radius 1 is 1.26 bits per heavy atom. The molecular weight excluding hydrogens is 300 g/mol. The van der Waals surface area contributed by atoms with Gasteiger partial charge in [0, 0.05) is 6.07 Å². The zero-order valence-corrected chi connectivity index (χ0v) is 12.3. The lowest BCUT2D eigenvalue weighted by Gasteiger charge is -2.25. The summed E-state index contributed by atoms with van der Waals surface area (Å²) < 4.78 is 11.1. The predicted molar refractivity (Wildman–Crippen MR) is 82.8 cm³/mol. The Labute approximate surface area is 132 Å². The maximum atomic E-state index is 12.3. The first-order valence-corrected chi connectivity index (χ1v) is 6.99. The molecule has 1 unspecified atom stereocenters. The number of aryl methyl sites for hydroxylation is 1. The maximum absolute atomic E-state index is 12.3. The molecule has 7 heteroatoms. The van der Waals surface area contributed by atoms with E-state index in [9.17, 15) is 14.9 Å². The number of carbonyl (C=O) groups excluding carboxylic acids is 1. The molecule has 0 aromatic heterocycles. The lowest BCUT2D eigenvalue weighted by molar-refractivity contribution is -0.384. The quantitative estimate of drug-likeness (QED) is 0.695. The molecule has 0 radical (unpaired) electrons. The van der Waals surface area contributed by atoms with E-state index in [1.54, 1.807) is 37.3 Å². The number of nitro groups is 1. The van der Waals surface area contributed by atoms with Crippen molar-refractivity contribution in [3.63, 3.8) is 0 Å². The second-order valence-corrected chi connectivity index (χ2v) is 5.13. The molecule has 23 heavy (non-hydrogen) atoms. The van der Waals surface area contributed by atoms with Crippen LogP contribution in [0.1, 0.15) is 5.56 Å². The minimum Gasteiger partial charge on any atom is -0.485 e. The van der Waals surface area contributed by atoms with Crippen LogP contribution in [0, 0.1) is 17.0 Å². The standard InChI is InChI=1S/C16H14N2O5/c1-10-6-7-11(12(8-10)18(20)21)17-16(19)15-9-22-13-4-2-3-5-14(13)23-15/h2-8,15H,9H2,1H3,(H,17,19). The van der Waals surface area contributed by atoms with Crippen LogP contribution < -0.4 is 14.8 Å². The number of nitrogens with one attached hydrogen (secondary N) is 1. The fourth-order valence-corrected chi connectivity index (χ4v) is 2.26. The zero-order valence-electron chi connectivity index (χ0n) is 12.3. The highest BCUT2D eigenvalue weighted by Gasteiger charge is 2.28. The Bertz CT molecular complexity index is 775. The SMILES string of the molecule is Cc1ccc(NC(=O)C2COc3ccccc3O2)c([N+](=O)[O-])c1. The van der Waals surface area contributed by atoms with Gasteiger partial charge in [-0.15, -0.1) is 0 Å². The van der Waals surface area contributed by atoms with Crippen molar-refractivity contribution in [2.75, 3.05) is 11.9 Å². The number of hydrogen-bond acceptors (Lipinski definition) is 5. The number of fused-ring (bicyclic) bond motifs is 1. The van der Waals surface area contributed by atoms with E-state index in [-0.39, 0.29) is 18.0 Å². The van der Waals surface area contributed by atoms with E-state index in [1.807, 2.05) is 0 Å².